The Labute approximate surface area is 258 Å². The Kier molecular flexibility index (Phi) is 14.1. The van der Waals surface area contributed by atoms with Crippen LogP contribution in [0.15, 0.2) is 60.7 Å². The third-order valence-corrected chi connectivity index (χ3v) is 7.70. The summed E-state index contributed by atoms with van der Waals surface area (Å²) in [5, 5.41) is 3.12. The number of halogens is 3. The lowest BCUT2D eigenvalue weighted by Crippen LogP contribution is -2.54. The van der Waals surface area contributed by atoms with Crippen LogP contribution in [0.25, 0.3) is 0 Å². The average Bonchev–Trinajstić information content (AvgIpc) is 3.00. The lowest BCUT2D eigenvalue weighted by Gasteiger charge is -2.38. The minimum Gasteiger partial charge on any atom is -0.493 e. The van der Waals surface area contributed by atoms with Crippen LogP contribution in [0.1, 0.15) is 46.7 Å². The summed E-state index contributed by atoms with van der Waals surface area (Å²) >= 11 is 0. The van der Waals surface area contributed by atoms with Gasteiger partial charge in [0.15, 0.2) is 11.5 Å². The van der Waals surface area contributed by atoms with E-state index in [1.54, 1.807) is 43.5 Å². The van der Waals surface area contributed by atoms with Gasteiger partial charge in [-0.3, -0.25) is 4.79 Å². The molecule has 0 spiro atoms. The van der Waals surface area contributed by atoms with E-state index in [4.69, 9.17) is 18.9 Å². The number of amides is 1. The zero-order chi connectivity index (χ0) is 29.4. The molecule has 236 valence electrons. The first-order valence-electron chi connectivity index (χ1n) is 13.7. The van der Waals surface area contributed by atoms with E-state index < -0.39 is 0 Å². The number of nitrogens with zero attached hydrogens (tertiary/aromatic N) is 1. The van der Waals surface area contributed by atoms with E-state index >= 15 is 0 Å². The first-order chi connectivity index (χ1) is 19.9. The van der Waals surface area contributed by atoms with E-state index in [-0.39, 0.29) is 53.5 Å². The second-order valence-electron chi connectivity index (χ2n) is 10.2. The molecule has 8 nitrogen and oxygen atoms in total. The lowest BCUT2D eigenvalue weighted by molar-refractivity contribution is 0.00596. The standard InChI is InChI=1S/C32H38F2N2O5.ClH.H2O/c1-38-28-18-23(19-29(39-2)31(28)41-4)32(37)35-27-15-17-36(20-30(27)40-3)16-5-6-26(21-7-11-24(33)12-8-21)22-9-13-25(34)14-10-22;;/h7-14,18-19,26-27,30H,5-6,15-17,20H2,1-4H3,(H,35,37);1H;1H2/t27-,30-;;/m0../s1. The van der Waals surface area contributed by atoms with Crippen molar-refractivity contribution in [2.45, 2.75) is 37.3 Å². The molecule has 1 heterocycles. The summed E-state index contributed by atoms with van der Waals surface area (Å²) in [6, 6.07) is 16.2. The highest BCUT2D eigenvalue weighted by atomic mass is 35.5. The molecule has 0 radical (unpaired) electrons. The second kappa shape index (κ2) is 17.0. The molecule has 1 saturated heterocycles. The second-order valence-corrected chi connectivity index (χ2v) is 10.2. The number of methoxy groups -OCH3 is 4. The van der Waals surface area contributed by atoms with Crippen LogP contribution in [0, 0.1) is 11.6 Å². The first kappa shape index (κ1) is 35.8. The largest absolute Gasteiger partial charge is 0.493 e. The highest BCUT2D eigenvalue weighted by Crippen LogP contribution is 2.38. The minimum atomic E-state index is -0.280. The van der Waals surface area contributed by atoms with E-state index in [0.717, 1.165) is 43.5 Å². The maximum Gasteiger partial charge on any atom is 0.251 e. The van der Waals surface area contributed by atoms with Crippen LogP contribution in [0.4, 0.5) is 8.78 Å². The van der Waals surface area contributed by atoms with Crippen molar-refractivity contribution in [2.24, 2.45) is 0 Å². The number of ether oxygens (including phenoxy) is 4. The third-order valence-electron chi connectivity index (χ3n) is 7.70. The summed E-state index contributed by atoms with van der Waals surface area (Å²) in [4.78, 5) is 15.5. The van der Waals surface area contributed by atoms with Crippen molar-refractivity contribution < 1.29 is 38.0 Å². The summed E-state index contributed by atoms with van der Waals surface area (Å²) in [5.41, 5.74) is 2.41. The Morgan fingerprint density at radius 1 is 0.907 bits per heavy atom. The van der Waals surface area contributed by atoms with Gasteiger partial charge in [0, 0.05) is 31.7 Å². The van der Waals surface area contributed by atoms with Crippen LogP contribution in [-0.2, 0) is 4.74 Å². The smallest absolute Gasteiger partial charge is 0.251 e. The Morgan fingerprint density at radius 3 is 1.91 bits per heavy atom. The van der Waals surface area contributed by atoms with Crippen LogP contribution in [-0.4, -0.2) is 76.5 Å². The van der Waals surface area contributed by atoms with Gasteiger partial charge < -0.3 is 34.6 Å². The predicted molar refractivity (Wildman–Crippen MR) is 164 cm³/mol. The summed E-state index contributed by atoms with van der Waals surface area (Å²) < 4.78 is 49.1. The van der Waals surface area contributed by atoms with E-state index in [0.29, 0.717) is 29.4 Å². The van der Waals surface area contributed by atoms with E-state index in [1.165, 1.54) is 45.6 Å². The van der Waals surface area contributed by atoms with E-state index in [9.17, 15) is 13.6 Å². The number of benzene rings is 3. The molecule has 4 rings (SSSR count). The van der Waals surface area contributed by atoms with Crippen molar-refractivity contribution >= 4 is 18.3 Å². The zero-order valence-electron chi connectivity index (χ0n) is 24.9. The SMILES string of the molecule is COc1cc(C(=O)N[C@H]2CCN(CCCC(c3ccc(F)cc3)c3ccc(F)cc3)C[C@@H]2OC)cc(OC)c1OC.Cl.O. The maximum absolute atomic E-state index is 13.6. The predicted octanol–water partition coefficient (Wildman–Crippen LogP) is 5.02. The van der Waals surface area contributed by atoms with E-state index in [1.807, 2.05) is 0 Å². The van der Waals surface area contributed by atoms with Crippen LogP contribution >= 0.6 is 12.4 Å². The molecule has 3 aromatic carbocycles. The minimum absolute atomic E-state index is 0. The van der Waals surface area contributed by atoms with Crippen LogP contribution in [0.3, 0.4) is 0 Å². The number of nitrogens with one attached hydrogen (secondary N) is 1. The Balaban J connectivity index is 0.00000323. The zero-order valence-corrected chi connectivity index (χ0v) is 25.7. The summed E-state index contributed by atoms with van der Waals surface area (Å²) in [6.07, 6.45) is 2.26. The molecule has 1 amide bonds. The van der Waals surface area contributed by atoms with Gasteiger partial charge in [0.05, 0.1) is 33.5 Å². The maximum atomic E-state index is 13.6. The molecular formula is C32H41ClF2N2O6. The number of carbonyl (C=O) groups is 1. The summed E-state index contributed by atoms with van der Waals surface area (Å²) in [6.45, 7) is 2.32. The molecule has 1 aliphatic rings. The quantitative estimate of drug-likeness (QED) is 0.305. The summed E-state index contributed by atoms with van der Waals surface area (Å²) in [5.74, 6) is 0.478. The molecule has 3 aromatic rings. The molecule has 11 heteroatoms. The molecule has 0 aliphatic carbocycles. The van der Waals surface area contributed by atoms with Crippen molar-refractivity contribution in [2.75, 3.05) is 48.1 Å². The topological polar surface area (TPSA) is 101 Å². The van der Waals surface area contributed by atoms with Gasteiger partial charge in [-0.05, 0) is 73.3 Å². The fourth-order valence-corrected chi connectivity index (χ4v) is 5.49. The fourth-order valence-electron chi connectivity index (χ4n) is 5.49. The van der Waals surface area contributed by atoms with Gasteiger partial charge in [-0.25, -0.2) is 8.78 Å². The number of hydrogen-bond donors (Lipinski definition) is 1. The van der Waals surface area contributed by atoms with Crippen molar-refractivity contribution in [1.82, 2.24) is 10.2 Å². The molecule has 43 heavy (non-hydrogen) atoms. The highest BCUT2D eigenvalue weighted by Gasteiger charge is 2.31. The highest BCUT2D eigenvalue weighted by molar-refractivity contribution is 5.95. The number of hydrogen-bond acceptors (Lipinski definition) is 6. The number of piperidine rings is 1. The first-order valence-corrected chi connectivity index (χ1v) is 13.7. The molecule has 1 fully saturated rings. The number of likely N-dealkylation sites (tertiary alicyclic amines) is 1. The van der Waals surface area contributed by atoms with Gasteiger partial charge in [0.25, 0.3) is 5.91 Å². The van der Waals surface area contributed by atoms with Crippen molar-refractivity contribution in [1.29, 1.82) is 0 Å². The van der Waals surface area contributed by atoms with Gasteiger partial charge in [-0.15, -0.1) is 12.4 Å². The fraction of sp³-hybridized carbons (Fsp3) is 0.406. The molecule has 2 atom stereocenters. The van der Waals surface area contributed by atoms with Crippen molar-refractivity contribution in [3.05, 3.63) is 89.0 Å². The van der Waals surface area contributed by atoms with Gasteiger partial charge in [0.2, 0.25) is 5.75 Å². The van der Waals surface area contributed by atoms with Gasteiger partial charge in [-0.1, -0.05) is 24.3 Å². The Bertz CT molecular complexity index is 1230. The van der Waals surface area contributed by atoms with Gasteiger partial charge in [-0.2, -0.15) is 0 Å². The lowest BCUT2D eigenvalue weighted by atomic mass is 9.87. The van der Waals surface area contributed by atoms with E-state index in [2.05, 4.69) is 10.2 Å². The molecule has 0 saturated carbocycles. The van der Waals surface area contributed by atoms with Crippen LogP contribution in [0.5, 0.6) is 17.2 Å². The molecule has 0 aromatic heterocycles. The molecule has 3 N–H and O–H groups in total. The molecular weight excluding hydrogens is 582 g/mol. The Morgan fingerprint density at radius 2 is 1.44 bits per heavy atom. The number of carbonyl (C=O) groups excluding carboxylic acids is 1. The average molecular weight is 623 g/mol. The normalized spacial score (nSPS) is 16.5. The monoisotopic (exact) mass is 622 g/mol. The van der Waals surface area contributed by atoms with Crippen LogP contribution < -0.4 is 19.5 Å². The molecule has 0 bridgehead atoms. The Hall–Kier alpha value is -3.44. The van der Waals surface area contributed by atoms with Crippen molar-refractivity contribution in [3.8, 4) is 17.2 Å². The van der Waals surface area contributed by atoms with Gasteiger partial charge >= 0.3 is 0 Å². The molecule has 0 unspecified atom stereocenters. The van der Waals surface area contributed by atoms with Crippen LogP contribution in [0.2, 0.25) is 0 Å². The number of rotatable bonds is 12. The van der Waals surface area contributed by atoms with Gasteiger partial charge in [0.1, 0.15) is 11.6 Å². The third kappa shape index (κ3) is 9.03. The molecule has 1 aliphatic heterocycles. The summed E-state index contributed by atoms with van der Waals surface area (Å²) in [7, 11) is 6.20. The van der Waals surface area contributed by atoms with Crippen molar-refractivity contribution in [3.63, 3.8) is 0 Å².